The van der Waals surface area contributed by atoms with E-state index in [0.717, 1.165) is 25.1 Å². The molecular weight excluding hydrogens is 259 g/mol. The van der Waals surface area contributed by atoms with E-state index in [0.29, 0.717) is 12.5 Å². The van der Waals surface area contributed by atoms with Gasteiger partial charge >= 0.3 is 6.36 Å². The first-order valence-electron chi connectivity index (χ1n) is 6.27. The van der Waals surface area contributed by atoms with Crippen molar-refractivity contribution in [1.82, 2.24) is 5.32 Å². The summed E-state index contributed by atoms with van der Waals surface area (Å²) in [5.41, 5.74) is 0.814. The van der Waals surface area contributed by atoms with Crippen LogP contribution in [0.3, 0.4) is 0 Å². The van der Waals surface area contributed by atoms with Crippen LogP contribution in [0.25, 0.3) is 0 Å². The summed E-state index contributed by atoms with van der Waals surface area (Å²) in [7, 11) is 0. The molecule has 1 N–H and O–H groups in total. The van der Waals surface area contributed by atoms with Crippen molar-refractivity contribution in [2.45, 2.75) is 18.7 Å². The lowest BCUT2D eigenvalue weighted by Crippen LogP contribution is -2.18. The molecule has 1 fully saturated rings. The van der Waals surface area contributed by atoms with Gasteiger partial charge in [0.15, 0.2) is 11.5 Å². The van der Waals surface area contributed by atoms with Crippen LogP contribution in [-0.2, 0) is 0 Å². The number of benzene rings is 1. The number of halogens is 3. The summed E-state index contributed by atoms with van der Waals surface area (Å²) in [5, 5.41) is 3.28. The molecule has 0 unspecified atom stereocenters. The maximum absolute atomic E-state index is 12.4. The van der Waals surface area contributed by atoms with E-state index in [9.17, 15) is 13.2 Å². The standard InChI is InChI=1S/C13H14F3NO2/c14-13(15,16)19-11-3-1-2-9-10-7-17-6-8(10)4-5-18-12(9)11/h1-3,8,10,17H,4-7H2/t8-,10-/m0/s1. The predicted octanol–water partition coefficient (Wildman–Crippen LogP) is 2.67. The number of ether oxygens (including phenoxy) is 2. The van der Waals surface area contributed by atoms with Crippen molar-refractivity contribution in [1.29, 1.82) is 0 Å². The monoisotopic (exact) mass is 273 g/mol. The Bertz CT molecular complexity index is 475. The predicted molar refractivity (Wildman–Crippen MR) is 62.3 cm³/mol. The second kappa shape index (κ2) is 4.59. The number of hydrogen-bond donors (Lipinski definition) is 1. The van der Waals surface area contributed by atoms with Crippen LogP contribution in [0.1, 0.15) is 17.9 Å². The first-order chi connectivity index (χ1) is 9.04. The fraction of sp³-hybridized carbons (Fsp3) is 0.538. The fourth-order valence-electron chi connectivity index (χ4n) is 2.90. The third-order valence-electron chi connectivity index (χ3n) is 3.71. The van der Waals surface area contributed by atoms with Gasteiger partial charge in [-0.25, -0.2) is 0 Å². The summed E-state index contributed by atoms with van der Waals surface area (Å²) < 4.78 is 46.7. The maximum atomic E-state index is 12.4. The highest BCUT2D eigenvalue weighted by atomic mass is 19.4. The quantitative estimate of drug-likeness (QED) is 0.853. The minimum absolute atomic E-state index is 0.203. The molecule has 2 heterocycles. The van der Waals surface area contributed by atoms with Crippen molar-refractivity contribution in [2.24, 2.45) is 5.92 Å². The van der Waals surface area contributed by atoms with Crippen LogP contribution < -0.4 is 14.8 Å². The minimum Gasteiger partial charge on any atom is -0.489 e. The Morgan fingerprint density at radius 3 is 2.89 bits per heavy atom. The third kappa shape index (κ3) is 2.49. The lowest BCUT2D eigenvalue weighted by molar-refractivity contribution is -0.275. The summed E-state index contributed by atoms with van der Waals surface area (Å²) >= 11 is 0. The van der Waals surface area contributed by atoms with E-state index in [2.05, 4.69) is 10.1 Å². The van der Waals surface area contributed by atoms with Gasteiger partial charge in [0, 0.05) is 18.0 Å². The molecule has 104 valence electrons. The Balaban J connectivity index is 1.99. The molecule has 0 saturated carbocycles. The third-order valence-corrected chi connectivity index (χ3v) is 3.71. The van der Waals surface area contributed by atoms with Crippen molar-refractivity contribution >= 4 is 0 Å². The second-order valence-electron chi connectivity index (χ2n) is 4.88. The lowest BCUT2D eigenvalue weighted by Gasteiger charge is -2.18. The number of para-hydroxylation sites is 1. The highest BCUT2D eigenvalue weighted by Crippen LogP contribution is 2.44. The van der Waals surface area contributed by atoms with E-state index >= 15 is 0 Å². The van der Waals surface area contributed by atoms with E-state index < -0.39 is 6.36 Å². The fourth-order valence-corrected chi connectivity index (χ4v) is 2.90. The molecule has 0 amide bonds. The number of fused-ring (bicyclic) bond motifs is 3. The van der Waals surface area contributed by atoms with Crippen LogP contribution >= 0.6 is 0 Å². The SMILES string of the molecule is FC(F)(F)Oc1cccc2c1OCC[C@H]1CNC[C@H]21. The number of rotatable bonds is 1. The zero-order chi connectivity index (χ0) is 13.5. The van der Waals surface area contributed by atoms with E-state index in [1.807, 2.05) is 6.07 Å². The number of nitrogens with one attached hydrogen (secondary N) is 1. The molecule has 3 rings (SSSR count). The molecule has 6 heteroatoms. The summed E-state index contributed by atoms with van der Waals surface area (Å²) in [6, 6.07) is 4.72. The average Bonchev–Trinajstić information content (AvgIpc) is 2.70. The number of alkyl halides is 3. The van der Waals surface area contributed by atoms with Crippen LogP contribution in [0.2, 0.25) is 0 Å². The highest BCUT2D eigenvalue weighted by Gasteiger charge is 2.37. The van der Waals surface area contributed by atoms with E-state index in [1.165, 1.54) is 6.07 Å². The van der Waals surface area contributed by atoms with Crippen molar-refractivity contribution in [3.8, 4) is 11.5 Å². The van der Waals surface area contributed by atoms with Crippen molar-refractivity contribution in [2.75, 3.05) is 19.7 Å². The molecule has 0 aliphatic carbocycles. The van der Waals surface area contributed by atoms with Crippen LogP contribution in [0.4, 0.5) is 13.2 Å². The zero-order valence-electron chi connectivity index (χ0n) is 10.2. The van der Waals surface area contributed by atoms with Crippen LogP contribution in [0.15, 0.2) is 18.2 Å². The minimum atomic E-state index is -4.70. The van der Waals surface area contributed by atoms with Gasteiger partial charge in [-0.05, 0) is 24.9 Å². The molecule has 2 aliphatic heterocycles. The second-order valence-corrected chi connectivity index (χ2v) is 4.88. The normalized spacial score (nSPS) is 26.1. The first-order valence-corrected chi connectivity index (χ1v) is 6.27. The summed E-state index contributed by atoms with van der Waals surface area (Å²) in [5.74, 6) is 0.630. The van der Waals surface area contributed by atoms with Gasteiger partial charge in [0.25, 0.3) is 0 Å². The molecule has 2 atom stereocenters. The van der Waals surface area contributed by atoms with E-state index in [4.69, 9.17) is 4.74 Å². The van der Waals surface area contributed by atoms with Crippen LogP contribution in [-0.4, -0.2) is 26.1 Å². The average molecular weight is 273 g/mol. The topological polar surface area (TPSA) is 30.5 Å². The molecule has 19 heavy (non-hydrogen) atoms. The molecular formula is C13H14F3NO2. The van der Waals surface area contributed by atoms with E-state index in [1.54, 1.807) is 6.07 Å². The van der Waals surface area contributed by atoms with Gasteiger partial charge in [-0.1, -0.05) is 12.1 Å². The maximum Gasteiger partial charge on any atom is 0.573 e. The summed E-state index contributed by atoms with van der Waals surface area (Å²) in [6.07, 6.45) is -3.85. The lowest BCUT2D eigenvalue weighted by atomic mass is 9.87. The first kappa shape index (κ1) is 12.6. The molecule has 0 bridgehead atoms. The van der Waals surface area contributed by atoms with Gasteiger partial charge in [0.05, 0.1) is 6.61 Å². The Kier molecular flexibility index (Phi) is 3.05. The van der Waals surface area contributed by atoms with Gasteiger partial charge in [0.2, 0.25) is 0 Å². The van der Waals surface area contributed by atoms with Gasteiger partial charge in [-0.2, -0.15) is 0 Å². The molecule has 1 saturated heterocycles. The van der Waals surface area contributed by atoms with Crippen LogP contribution in [0.5, 0.6) is 11.5 Å². The van der Waals surface area contributed by atoms with Crippen molar-refractivity contribution < 1.29 is 22.6 Å². The summed E-state index contributed by atoms with van der Waals surface area (Å²) in [4.78, 5) is 0. The van der Waals surface area contributed by atoms with Gasteiger partial charge in [-0.15, -0.1) is 13.2 Å². The van der Waals surface area contributed by atoms with Crippen LogP contribution in [0, 0.1) is 5.92 Å². The molecule has 3 nitrogen and oxygen atoms in total. The van der Waals surface area contributed by atoms with Gasteiger partial charge in [0.1, 0.15) is 0 Å². The Morgan fingerprint density at radius 1 is 1.26 bits per heavy atom. The molecule has 0 spiro atoms. The molecule has 1 aromatic carbocycles. The van der Waals surface area contributed by atoms with E-state index in [-0.39, 0.29) is 17.4 Å². The molecule has 0 aromatic heterocycles. The van der Waals surface area contributed by atoms with Gasteiger partial charge < -0.3 is 14.8 Å². The highest BCUT2D eigenvalue weighted by molar-refractivity contribution is 5.49. The molecule has 0 radical (unpaired) electrons. The largest absolute Gasteiger partial charge is 0.573 e. The zero-order valence-corrected chi connectivity index (χ0v) is 10.2. The molecule has 1 aromatic rings. The van der Waals surface area contributed by atoms with Gasteiger partial charge in [-0.3, -0.25) is 0 Å². The van der Waals surface area contributed by atoms with Crippen molar-refractivity contribution in [3.05, 3.63) is 23.8 Å². The molecule has 2 aliphatic rings. The summed E-state index contributed by atoms with van der Waals surface area (Å²) in [6.45, 7) is 2.09. The Labute approximate surface area is 108 Å². The number of hydrogen-bond acceptors (Lipinski definition) is 3. The Hall–Kier alpha value is -1.43. The Morgan fingerprint density at radius 2 is 2.11 bits per heavy atom. The van der Waals surface area contributed by atoms with Crippen molar-refractivity contribution in [3.63, 3.8) is 0 Å². The smallest absolute Gasteiger partial charge is 0.489 e.